The summed E-state index contributed by atoms with van der Waals surface area (Å²) in [6.45, 7) is 0. The van der Waals surface area contributed by atoms with Crippen LogP contribution in [0.1, 0.15) is 5.56 Å². The molecule has 0 bridgehead atoms. The molecule has 4 N–H and O–H groups in total. The van der Waals surface area contributed by atoms with E-state index in [1.54, 1.807) is 24.3 Å². The Morgan fingerprint density at radius 1 is 1.04 bits per heavy atom. The normalized spacial score (nSPS) is 10.5. The van der Waals surface area contributed by atoms with Crippen LogP contribution in [-0.2, 0) is 9.59 Å². The molecule has 0 fully saturated rings. The molecule has 0 saturated heterocycles. The van der Waals surface area contributed by atoms with Gasteiger partial charge in [-0.2, -0.15) is 5.10 Å². The third-order valence-corrected chi connectivity index (χ3v) is 2.94. The van der Waals surface area contributed by atoms with Crippen LogP contribution < -0.4 is 10.7 Å². The van der Waals surface area contributed by atoms with Gasteiger partial charge in [-0.15, -0.1) is 0 Å². The lowest BCUT2D eigenvalue weighted by molar-refractivity contribution is -0.136. The number of halogens is 1. The lowest BCUT2D eigenvalue weighted by Gasteiger charge is -2.04. The quantitative estimate of drug-likeness (QED) is 0.390. The first-order chi connectivity index (χ1) is 11.0. The Kier molecular flexibility index (Phi) is 5.16. The number of nitrogens with zero attached hydrogens (tertiary/aromatic N) is 1. The number of hydrogen-bond donors (Lipinski definition) is 4. The van der Waals surface area contributed by atoms with E-state index >= 15 is 0 Å². The Morgan fingerprint density at radius 3 is 2.39 bits per heavy atom. The second-order valence-corrected chi connectivity index (χ2v) is 4.84. The first-order valence-corrected chi connectivity index (χ1v) is 6.75. The maximum atomic E-state index is 11.6. The Labute approximate surface area is 136 Å². The first-order valence-electron chi connectivity index (χ1n) is 6.37. The number of nitrogens with one attached hydrogen (secondary N) is 2. The van der Waals surface area contributed by atoms with Gasteiger partial charge in [-0.25, -0.2) is 5.43 Å². The predicted molar refractivity (Wildman–Crippen MR) is 85.6 cm³/mol. The summed E-state index contributed by atoms with van der Waals surface area (Å²) in [5, 5.41) is 25.1. The molecule has 0 aliphatic carbocycles. The van der Waals surface area contributed by atoms with Crippen molar-refractivity contribution in [3.05, 3.63) is 53.1 Å². The zero-order chi connectivity index (χ0) is 16.8. The molecule has 2 aromatic rings. The van der Waals surface area contributed by atoms with Crippen LogP contribution >= 0.6 is 11.6 Å². The maximum Gasteiger partial charge on any atom is 0.329 e. The largest absolute Gasteiger partial charge is 0.508 e. The van der Waals surface area contributed by atoms with Crippen LogP contribution in [0.15, 0.2) is 47.6 Å². The molecule has 0 unspecified atom stereocenters. The maximum absolute atomic E-state index is 11.6. The third kappa shape index (κ3) is 4.72. The van der Waals surface area contributed by atoms with Gasteiger partial charge in [0.1, 0.15) is 11.5 Å². The number of benzene rings is 2. The minimum absolute atomic E-state index is 0.106. The van der Waals surface area contributed by atoms with Crippen molar-refractivity contribution in [1.82, 2.24) is 5.43 Å². The van der Waals surface area contributed by atoms with Gasteiger partial charge in [-0.1, -0.05) is 11.6 Å². The fourth-order valence-electron chi connectivity index (χ4n) is 1.57. The van der Waals surface area contributed by atoms with Crippen molar-refractivity contribution in [3.8, 4) is 11.5 Å². The summed E-state index contributed by atoms with van der Waals surface area (Å²) in [5.74, 6) is -2.20. The van der Waals surface area contributed by atoms with Crippen LogP contribution in [0.25, 0.3) is 0 Å². The Hall–Kier alpha value is -3.06. The van der Waals surface area contributed by atoms with Gasteiger partial charge in [0.15, 0.2) is 0 Å². The topological polar surface area (TPSA) is 111 Å². The number of anilines is 1. The van der Waals surface area contributed by atoms with Crippen molar-refractivity contribution in [2.24, 2.45) is 5.10 Å². The van der Waals surface area contributed by atoms with E-state index < -0.39 is 11.8 Å². The summed E-state index contributed by atoms with van der Waals surface area (Å²) in [6, 6.07) is 10.1. The highest BCUT2D eigenvalue weighted by molar-refractivity contribution is 6.39. The molecule has 2 amide bonds. The molecule has 23 heavy (non-hydrogen) atoms. The number of carbonyl (C=O) groups excluding carboxylic acids is 2. The summed E-state index contributed by atoms with van der Waals surface area (Å²) in [7, 11) is 0. The first kappa shape index (κ1) is 16.3. The van der Waals surface area contributed by atoms with Gasteiger partial charge in [0.2, 0.25) is 0 Å². The summed E-state index contributed by atoms with van der Waals surface area (Å²) < 4.78 is 0. The fraction of sp³-hybridized carbons (Fsp3) is 0. The third-order valence-electron chi connectivity index (χ3n) is 2.69. The van der Waals surface area contributed by atoms with Gasteiger partial charge < -0.3 is 15.5 Å². The highest BCUT2D eigenvalue weighted by Gasteiger charge is 2.12. The van der Waals surface area contributed by atoms with Gasteiger partial charge in [-0.3, -0.25) is 9.59 Å². The summed E-state index contributed by atoms with van der Waals surface area (Å²) in [4.78, 5) is 23.2. The fourth-order valence-corrected chi connectivity index (χ4v) is 1.70. The second kappa shape index (κ2) is 7.28. The average molecular weight is 334 g/mol. The molecule has 0 aromatic heterocycles. The van der Waals surface area contributed by atoms with Crippen molar-refractivity contribution < 1.29 is 19.8 Å². The van der Waals surface area contributed by atoms with Crippen molar-refractivity contribution in [2.45, 2.75) is 0 Å². The van der Waals surface area contributed by atoms with E-state index in [0.29, 0.717) is 10.7 Å². The van der Waals surface area contributed by atoms with Crippen LogP contribution in [0.5, 0.6) is 11.5 Å². The molecule has 0 aliphatic heterocycles. The van der Waals surface area contributed by atoms with Crippen LogP contribution in [0.2, 0.25) is 5.02 Å². The van der Waals surface area contributed by atoms with Gasteiger partial charge in [0.05, 0.1) is 6.21 Å². The van der Waals surface area contributed by atoms with E-state index in [2.05, 4.69) is 10.4 Å². The van der Waals surface area contributed by atoms with Gasteiger partial charge in [-0.05, 0) is 36.4 Å². The van der Waals surface area contributed by atoms with E-state index in [-0.39, 0.29) is 17.1 Å². The van der Waals surface area contributed by atoms with E-state index in [1.165, 1.54) is 12.1 Å². The van der Waals surface area contributed by atoms with E-state index in [0.717, 1.165) is 12.3 Å². The highest BCUT2D eigenvalue weighted by atomic mass is 35.5. The molecule has 2 aromatic carbocycles. The number of carbonyl (C=O) groups is 2. The molecule has 0 saturated carbocycles. The molecular weight excluding hydrogens is 322 g/mol. The Morgan fingerprint density at radius 2 is 1.74 bits per heavy atom. The SMILES string of the molecule is O=C(N/N=C/c1ccc(O)cc1O)C(=O)Nc1ccc(Cl)cc1. The van der Waals surface area contributed by atoms with Crippen LogP contribution in [0.3, 0.4) is 0 Å². The Balaban J connectivity index is 1.92. The molecule has 0 heterocycles. The monoisotopic (exact) mass is 333 g/mol. The van der Waals surface area contributed by atoms with E-state index in [1.807, 2.05) is 5.43 Å². The molecule has 7 nitrogen and oxygen atoms in total. The van der Waals surface area contributed by atoms with Crippen LogP contribution in [-0.4, -0.2) is 28.2 Å². The van der Waals surface area contributed by atoms with Crippen molar-refractivity contribution in [3.63, 3.8) is 0 Å². The van der Waals surface area contributed by atoms with Crippen molar-refractivity contribution >= 4 is 35.3 Å². The number of phenolic OH excluding ortho intramolecular Hbond substituents is 2. The van der Waals surface area contributed by atoms with Gasteiger partial charge >= 0.3 is 11.8 Å². The standard InChI is InChI=1S/C15H12ClN3O4/c16-10-2-4-11(5-3-10)18-14(22)15(23)19-17-8-9-1-6-12(20)7-13(9)21/h1-8,20-21H,(H,18,22)(H,19,23)/b17-8+. The Bertz CT molecular complexity index is 760. The number of rotatable bonds is 3. The number of aromatic hydroxyl groups is 2. The van der Waals surface area contributed by atoms with Crippen LogP contribution in [0.4, 0.5) is 5.69 Å². The zero-order valence-corrected chi connectivity index (χ0v) is 12.4. The van der Waals surface area contributed by atoms with Crippen molar-refractivity contribution in [2.75, 3.05) is 5.32 Å². The molecule has 8 heteroatoms. The minimum atomic E-state index is -0.977. The smallest absolute Gasteiger partial charge is 0.329 e. The number of hydrogen-bond acceptors (Lipinski definition) is 5. The molecule has 2 rings (SSSR count). The minimum Gasteiger partial charge on any atom is -0.508 e. The molecule has 0 atom stereocenters. The highest BCUT2D eigenvalue weighted by Crippen LogP contribution is 2.20. The number of hydrazone groups is 1. The molecule has 0 spiro atoms. The molecule has 0 radical (unpaired) electrons. The molecular formula is C15H12ClN3O4. The predicted octanol–water partition coefficient (Wildman–Crippen LogP) is 1.84. The lowest BCUT2D eigenvalue weighted by Crippen LogP contribution is -2.32. The lowest BCUT2D eigenvalue weighted by atomic mass is 10.2. The summed E-state index contributed by atoms with van der Waals surface area (Å²) >= 11 is 5.71. The average Bonchev–Trinajstić information content (AvgIpc) is 2.51. The van der Waals surface area contributed by atoms with Gasteiger partial charge in [0.25, 0.3) is 0 Å². The second-order valence-electron chi connectivity index (χ2n) is 4.40. The van der Waals surface area contributed by atoms with Crippen molar-refractivity contribution in [1.29, 1.82) is 0 Å². The van der Waals surface area contributed by atoms with Gasteiger partial charge in [0, 0.05) is 22.3 Å². The summed E-state index contributed by atoms with van der Waals surface area (Å²) in [5.41, 5.74) is 2.70. The zero-order valence-electron chi connectivity index (χ0n) is 11.7. The van der Waals surface area contributed by atoms with Crippen LogP contribution in [0, 0.1) is 0 Å². The molecule has 118 valence electrons. The van der Waals surface area contributed by atoms with E-state index in [4.69, 9.17) is 16.7 Å². The molecule has 0 aliphatic rings. The number of amides is 2. The number of phenols is 2. The van der Waals surface area contributed by atoms with E-state index in [9.17, 15) is 14.7 Å². The summed E-state index contributed by atoms with van der Waals surface area (Å²) in [6.07, 6.45) is 1.14.